The number of anilines is 1. The van der Waals surface area contributed by atoms with Crippen molar-refractivity contribution in [3.63, 3.8) is 0 Å². The summed E-state index contributed by atoms with van der Waals surface area (Å²) in [5, 5.41) is 14.6. The first-order chi connectivity index (χ1) is 15.4. The monoisotopic (exact) mass is 475 g/mol. The molecule has 8 nitrogen and oxygen atoms in total. The van der Waals surface area contributed by atoms with Crippen LogP contribution in [0, 0.1) is 5.92 Å². The summed E-state index contributed by atoms with van der Waals surface area (Å²) in [4.78, 5) is 25.4. The van der Waals surface area contributed by atoms with Crippen molar-refractivity contribution < 1.29 is 23.1 Å². The number of sulfonamides is 1. The first-order valence-corrected chi connectivity index (χ1v) is 12.3. The summed E-state index contributed by atoms with van der Waals surface area (Å²) >= 11 is 0. The Labute approximate surface area is 195 Å². The fraction of sp³-hybridized carbons (Fsp3) is 0.417. The van der Waals surface area contributed by atoms with Crippen LogP contribution in [0.5, 0.6) is 0 Å². The minimum atomic E-state index is -3.79. The van der Waals surface area contributed by atoms with Gasteiger partial charge in [0, 0.05) is 23.4 Å². The van der Waals surface area contributed by atoms with Crippen LogP contribution in [0.3, 0.4) is 0 Å². The lowest BCUT2D eigenvalue weighted by Crippen LogP contribution is -2.44. The van der Waals surface area contributed by atoms with E-state index in [9.17, 15) is 18.0 Å². The molecule has 0 aliphatic rings. The second kappa shape index (κ2) is 11.4. The Hall–Kier alpha value is -2.75. The van der Waals surface area contributed by atoms with E-state index in [1.165, 1.54) is 24.3 Å². The molecule has 2 aromatic carbocycles. The molecule has 0 saturated heterocycles. The quantitative estimate of drug-likeness (QED) is 0.398. The van der Waals surface area contributed by atoms with E-state index in [4.69, 9.17) is 5.11 Å². The van der Waals surface area contributed by atoms with Gasteiger partial charge in [-0.05, 0) is 69.0 Å². The zero-order valence-electron chi connectivity index (χ0n) is 19.5. The van der Waals surface area contributed by atoms with Gasteiger partial charge in [-0.3, -0.25) is 9.59 Å². The molecule has 1 unspecified atom stereocenters. The number of benzene rings is 2. The molecule has 33 heavy (non-hydrogen) atoms. The molecule has 1 atom stereocenters. The van der Waals surface area contributed by atoms with Gasteiger partial charge in [-0.15, -0.1) is 0 Å². The lowest BCUT2D eigenvalue weighted by Gasteiger charge is -2.25. The van der Waals surface area contributed by atoms with Crippen LogP contribution < -0.4 is 15.4 Å². The molecule has 0 heterocycles. The normalized spacial score (nSPS) is 12.9. The van der Waals surface area contributed by atoms with Gasteiger partial charge in [0.15, 0.2) is 0 Å². The van der Waals surface area contributed by atoms with E-state index in [-0.39, 0.29) is 35.7 Å². The van der Waals surface area contributed by atoms with Gasteiger partial charge >= 0.3 is 0 Å². The second-order valence-corrected chi connectivity index (χ2v) is 10.7. The summed E-state index contributed by atoms with van der Waals surface area (Å²) in [5.41, 5.74) is 0.0723. The van der Waals surface area contributed by atoms with Crippen LogP contribution in [0.15, 0.2) is 59.5 Å². The highest BCUT2D eigenvalue weighted by Crippen LogP contribution is 2.18. The van der Waals surface area contributed by atoms with Crippen molar-refractivity contribution in [1.82, 2.24) is 10.0 Å². The Morgan fingerprint density at radius 1 is 1.00 bits per heavy atom. The number of carbonyl (C=O) groups is 2. The molecule has 0 saturated carbocycles. The minimum Gasteiger partial charge on any atom is -0.396 e. The highest BCUT2D eigenvalue weighted by atomic mass is 32.2. The average Bonchev–Trinajstić information content (AvgIpc) is 2.73. The fourth-order valence-electron chi connectivity index (χ4n) is 3.23. The first kappa shape index (κ1) is 26.5. The summed E-state index contributed by atoms with van der Waals surface area (Å²) in [6.07, 6.45) is 0.715. The molecule has 9 heteroatoms. The zero-order valence-corrected chi connectivity index (χ0v) is 20.3. The second-order valence-electron chi connectivity index (χ2n) is 9.00. The van der Waals surface area contributed by atoms with Crippen LogP contribution in [0.2, 0.25) is 0 Å². The SMILES string of the molecule is CC(C)CC(NC(=O)c1ccccc1)C(=O)Nc1ccc(S(=O)(=O)NC(C)(C)CCO)cc1. The topological polar surface area (TPSA) is 125 Å². The van der Waals surface area contributed by atoms with E-state index in [0.29, 0.717) is 17.7 Å². The zero-order chi connectivity index (χ0) is 24.6. The van der Waals surface area contributed by atoms with E-state index in [2.05, 4.69) is 15.4 Å². The maximum Gasteiger partial charge on any atom is 0.251 e. The van der Waals surface area contributed by atoms with Crippen molar-refractivity contribution in [2.75, 3.05) is 11.9 Å². The summed E-state index contributed by atoms with van der Waals surface area (Å²) in [5.74, 6) is -0.558. The lowest BCUT2D eigenvalue weighted by molar-refractivity contribution is -0.118. The highest BCUT2D eigenvalue weighted by molar-refractivity contribution is 7.89. The lowest BCUT2D eigenvalue weighted by atomic mass is 10.0. The minimum absolute atomic E-state index is 0.0441. The molecule has 180 valence electrons. The molecule has 2 amide bonds. The van der Waals surface area contributed by atoms with Gasteiger partial charge in [-0.25, -0.2) is 13.1 Å². The summed E-state index contributed by atoms with van der Waals surface area (Å²) in [7, 11) is -3.79. The predicted octanol–water partition coefficient (Wildman–Crippen LogP) is 2.91. The molecule has 0 bridgehead atoms. The fourth-order valence-corrected chi connectivity index (χ4v) is 4.68. The largest absolute Gasteiger partial charge is 0.396 e. The molecular weight excluding hydrogens is 442 g/mol. The highest BCUT2D eigenvalue weighted by Gasteiger charge is 2.26. The maximum absolute atomic E-state index is 12.9. The van der Waals surface area contributed by atoms with E-state index in [1.807, 2.05) is 19.9 Å². The Balaban J connectivity index is 2.10. The van der Waals surface area contributed by atoms with E-state index in [0.717, 1.165) is 0 Å². The van der Waals surface area contributed by atoms with Crippen LogP contribution >= 0.6 is 0 Å². The molecule has 0 fully saturated rings. The molecule has 2 aromatic rings. The van der Waals surface area contributed by atoms with Crippen molar-refractivity contribution in [2.45, 2.75) is 57.0 Å². The van der Waals surface area contributed by atoms with E-state index < -0.39 is 21.6 Å². The molecular formula is C24H33N3O5S. The summed E-state index contributed by atoms with van der Waals surface area (Å²) < 4.78 is 27.8. The Bertz CT molecular complexity index is 1040. The van der Waals surface area contributed by atoms with Crippen LogP contribution in [-0.2, 0) is 14.8 Å². The van der Waals surface area contributed by atoms with Gasteiger partial charge in [0.05, 0.1) is 4.90 Å². The molecule has 2 rings (SSSR count). The number of nitrogens with one attached hydrogen (secondary N) is 3. The first-order valence-electron chi connectivity index (χ1n) is 10.9. The molecule has 0 spiro atoms. The molecule has 0 aliphatic carbocycles. The van der Waals surface area contributed by atoms with Gasteiger partial charge < -0.3 is 15.7 Å². The third kappa shape index (κ3) is 8.27. The van der Waals surface area contributed by atoms with Gasteiger partial charge in [-0.2, -0.15) is 0 Å². The molecule has 4 N–H and O–H groups in total. The standard InChI is InChI=1S/C24H33N3O5S/c1-17(2)16-21(26-22(29)18-8-6-5-7-9-18)23(30)25-19-10-12-20(13-11-19)33(31,32)27-24(3,4)14-15-28/h5-13,17,21,27-28H,14-16H2,1-4H3,(H,25,30)(H,26,29). The number of hydrogen-bond donors (Lipinski definition) is 4. The number of amides is 2. The maximum atomic E-state index is 12.9. The van der Waals surface area contributed by atoms with Crippen LogP contribution in [0.1, 0.15) is 50.9 Å². The van der Waals surface area contributed by atoms with Crippen molar-refractivity contribution in [3.05, 3.63) is 60.2 Å². The van der Waals surface area contributed by atoms with Crippen molar-refractivity contribution in [2.24, 2.45) is 5.92 Å². The molecule has 0 radical (unpaired) electrons. The predicted molar refractivity (Wildman–Crippen MR) is 128 cm³/mol. The summed E-state index contributed by atoms with van der Waals surface area (Å²) in [6.45, 7) is 7.15. The van der Waals surface area contributed by atoms with Gasteiger partial charge in [0.1, 0.15) is 6.04 Å². The molecule has 0 aliphatic heterocycles. The smallest absolute Gasteiger partial charge is 0.251 e. The third-order valence-corrected chi connectivity index (χ3v) is 6.66. The summed E-state index contributed by atoms with van der Waals surface area (Å²) in [6, 6.07) is 13.7. The Morgan fingerprint density at radius 3 is 2.15 bits per heavy atom. The van der Waals surface area contributed by atoms with Crippen LogP contribution in [0.4, 0.5) is 5.69 Å². The van der Waals surface area contributed by atoms with Gasteiger partial charge in [0.2, 0.25) is 15.9 Å². The van der Waals surface area contributed by atoms with Crippen molar-refractivity contribution in [1.29, 1.82) is 0 Å². The van der Waals surface area contributed by atoms with E-state index in [1.54, 1.807) is 38.1 Å². The van der Waals surface area contributed by atoms with Crippen molar-refractivity contribution >= 4 is 27.5 Å². The number of aliphatic hydroxyl groups excluding tert-OH is 1. The average molecular weight is 476 g/mol. The van der Waals surface area contributed by atoms with Gasteiger partial charge in [-0.1, -0.05) is 32.0 Å². The third-order valence-electron chi connectivity index (χ3n) is 4.94. The van der Waals surface area contributed by atoms with E-state index >= 15 is 0 Å². The number of carbonyl (C=O) groups excluding carboxylic acids is 2. The Morgan fingerprint density at radius 2 is 1.61 bits per heavy atom. The number of aliphatic hydroxyl groups is 1. The number of rotatable bonds is 11. The van der Waals surface area contributed by atoms with Gasteiger partial charge in [0.25, 0.3) is 5.91 Å². The molecule has 0 aromatic heterocycles. The van der Waals surface area contributed by atoms with Crippen LogP contribution in [0.25, 0.3) is 0 Å². The number of hydrogen-bond acceptors (Lipinski definition) is 5. The van der Waals surface area contributed by atoms with Crippen molar-refractivity contribution in [3.8, 4) is 0 Å². The Kier molecular flexibility index (Phi) is 9.16. The van der Waals surface area contributed by atoms with Crippen LogP contribution in [-0.4, -0.2) is 43.5 Å².